The van der Waals surface area contributed by atoms with Gasteiger partial charge in [0.25, 0.3) is 5.56 Å². The van der Waals surface area contributed by atoms with Gasteiger partial charge in [-0.25, -0.2) is 15.0 Å². The predicted octanol–water partition coefficient (Wildman–Crippen LogP) is 1.91. The minimum atomic E-state index is 0.0541. The van der Waals surface area contributed by atoms with Gasteiger partial charge in [-0.3, -0.25) is 9.36 Å². The first kappa shape index (κ1) is 15.0. The van der Waals surface area contributed by atoms with Crippen LogP contribution in [0.15, 0.2) is 29.7 Å². The fourth-order valence-electron chi connectivity index (χ4n) is 2.75. The van der Waals surface area contributed by atoms with Crippen molar-refractivity contribution in [2.75, 3.05) is 18.0 Å². The molecule has 1 fully saturated rings. The van der Waals surface area contributed by atoms with Crippen molar-refractivity contribution in [3.8, 4) is 0 Å². The molecule has 0 aromatic carbocycles. The van der Waals surface area contributed by atoms with Crippen LogP contribution in [0.5, 0.6) is 0 Å². The molecule has 3 rings (SSSR count). The molecule has 1 saturated heterocycles. The fraction of sp³-hybridized carbons (Fsp3) is 0.467. The Morgan fingerprint density at radius 3 is 2.59 bits per heavy atom. The summed E-state index contributed by atoms with van der Waals surface area (Å²) in [6.45, 7) is 4.30. The lowest BCUT2D eigenvalue weighted by Crippen LogP contribution is -2.37. The summed E-state index contributed by atoms with van der Waals surface area (Å²) in [6.07, 6.45) is 8.49. The van der Waals surface area contributed by atoms with Gasteiger partial charge in [-0.2, -0.15) is 0 Å². The highest BCUT2D eigenvalue weighted by atomic mass is 35.5. The van der Waals surface area contributed by atoms with E-state index in [0.717, 1.165) is 38.4 Å². The maximum atomic E-state index is 12.0. The molecular weight excluding hydrogens is 302 g/mol. The van der Waals surface area contributed by atoms with Gasteiger partial charge in [-0.1, -0.05) is 11.6 Å². The zero-order valence-electron chi connectivity index (χ0n) is 12.4. The van der Waals surface area contributed by atoms with Crippen molar-refractivity contribution < 1.29 is 0 Å². The van der Waals surface area contributed by atoms with Gasteiger partial charge in [-0.05, 0) is 25.7 Å². The Balaban J connectivity index is 1.61. The molecule has 0 aliphatic carbocycles. The molecule has 6 nitrogen and oxygen atoms in total. The van der Waals surface area contributed by atoms with Crippen LogP contribution >= 0.6 is 11.6 Å². The summed E-state index contributed by atoms with van der Waals surface area (Å²) in [5.41, 5.74) is 0.743. The fourth-order valence-corrected chi connectivity index (χ4v) is 2.85. The van der Waals surface area contributed by atoms with E-state index in [2.05, 4.69) is 19.9 Å². The third-order valence-electron chi connectivity index (χ3n) is 4.03. The van der Waals surface area contributed by atoms with Crippen molar-refractivity contribution in [3.05, 3.63) is 45.9 Å². The van der Waals surface area contributed by atoms with E-state index >= 15 is 0 Å². The number of piperidine rings is 1. The van der Waals surface area contributed by atoms with Crippen LogP contribution in [0.25, 0.3) is 0 Å². The molecule has 0 unspecified atom stereocenters. The van der Waals surface area contributed by atoms with Gasteiger partial charge in [0.05, 0.1) is 23.7 Å². The van der Waals surface area contributed by atoms with Gasteiger partial charge < -0.3 is 4.90 Å². The van der Waals surface area contributed by atoms with E-state index in [1.165, 1.54) is 0 Å². The van der Waals surface area contributed by atoms with E-state index in [4.69, 9.17) is 11.6 Å². The molecule has 116 valence electrons. The Morgan fingerprint density at radius 2 is 1.91 bits per heavy atom. The summed E-state index contributed by atoms with van der Waals surface area (Å²) in [4.78, 5) is 26.8. The summed E-state index contributed by atoms with van der Waals surface area (Å²) in [5.74, 6) is 1.20. The molecule has 0 N–H and O–H groups in total. The van der Waals surface area contributed by atoms with E-state index in [1.54, 1.807) is 36.4 Å². The van der Waals surface area contributed by atoms with Crippen LogP contribution < -0.4 is 10.5 Å². The normalized spacial score (nSPS) is 16.0. The summed E-state index contributed by atoms with van der Waals surface area (Å²) in [5, 5.41) is 0.546. The van der Waals surface area contributed by atoms with Crippen LogP contribution in [-0.4, -0.2) is 32.6 Å². The first-order chi connectivity index (χ1) is 10.6. The molecule has 7 heteroatoms. The molecular formula is C15H18ClN5O. The molecule has 0 atom stereocenters. The zero-order valence-corrected chi connectivity index (χ0v) is 13.2. The lowest BCUT2D eigenvalue weighted by Gasteiger charge is -2.32. The first-order valence-electron chi connectivity index (χ1n) is 7.37. The monoisotopic (exact) mass is 319 g/mol. The topological polar surface area (TPSA) is 63.9 Å². The Hall–Kier alpha value is -1.95. The number of hydrogen-bond acceptors (Lipinski definition) is 5. The van der Waals surface area contributed by atoms with Crippen molar-refractivity contribution in [1.29, 1.82) is 0 Å². The van der Waals surface area contributed by atoms with E-state index < -0.39 is 0 Å². The number of aryl methyl sites for hydroxylation is 1. The number of hydrogen-bond donors (Lipinski definition) is 0. The first-order valence-corrected chi connectivity index (χ1v) is 7.75. The van der Waals surface area contributed by atoms with Crippen molar-refractivity contribution >= 4 is 17.5 Å². The van der Waals surface area contributed by atoms with Crippen LogP contribution in [-0.2, 0) is 6.54 Å². The quantitative estimate of drug-likeness (QED) is 0.864. The summed E-state index contributed by atoms with van der Waals surface area (Å²) in [7, 11) is 0. The molecule has 1 aliphatic heterocycles. The molecule has 2 aromatic rings. The molecule has 22 heavy (non-hydrogen) atoms. The maximum Gasteiger partial charge on any atom is 0.256 e. The largest absolute Gasteiger partial charge is 0.341 e. The molecule has 0 spiro atoms. The third-order valence-corrected chi connectivity index (χ3v) is 4.23. The van der Waals surface area contributed by atoms with E-state index in [1.807, 2.05) is 0 Å². The average Bonchev–Trinajstić information content (AvgIpc) is 2.53. The van der Waals surface area contributed by atoms with E-state index in [-0.39, 0.29) is 5.56 Å². The molecule has 0 saturated carbocycles. The van der Waals surface area contributed by atoms with Gasteiger partial charge in [0.2, 0.25) is 5.95 Å². The highest BCUT2D eigenvalue weighted by molar-refractivity contribution is 6.30. The lowest BCUT2D eigenvalue weighted by molar-refractivity contribution is 0.348. The second-order valence-corrected chi connectivity index (χ2v) is 6.10. The minimum Gasteiger partial charge on any atom is -0.341 e. The summed E-state index contributed by atoms with van der Waals surface area (Å²) in [6, 6.07) is 0. The highest BCUT2D eigenvalue weighted by Crippen LogP contribution is 2.21. The number of nitrogens with zero attached hydrogens (tertiary/aromatic N) is 5. The zero-order chi connectivity index (χ0) is 15.5. The molecule has 3 heterocycles. The maximum absolute atomic E-state index is 12.0. The van der Waals surface area contributed by atoms with Crippen molar-refractivity contribution in [2.24, 2.45) is 5.92 Å². The van der Waals surface area contributed by atoms with Crippen LogP contribution in [0.4, 0.5) is 5.95 Å². The summed E-state index contributed by atoms with van der Waals surface area (Å²) < 4.78 is 1.72. The standard InChI is InChI=1S/C15H18ClN5O/c1-11-6-17-10-21(14(11)22)9-12-2-4-20(5-3-12)15-18-7-13(16)8-19-15/h6-8,10,12H,2-5,9H2,1H3. The van der Waals surface area contributed by atoms with Crippen LogP contribution in [0, 0.1) is 12.8 Å². The molecule has 1 aliphatic rings. The highest BCUT2D eigenvalue weighted by Gasteiger charge is 2.21. The number of aromatic nitrogens is 4. The summed E-state index contributed by atoms with van der Waals surface area (Å²) >= 11 is 5.81. The van der Waals surface area contributed by atoms with Crippen LogP contribution in [0.2, 0.25) is 5.02 Å². The van der Waals surface area contributed by atoms with E-state index in [9.17, 15) is 4.79 Å². The van der Waals surface area contributed by atoms with Crippen LogP contribution in [0.1, 0.15) is 18.4 Å². The van der Waals surface area contributed by atoms with Crippen molar-refractivity contribution in [1.82, 2.24) is 19.5 Å². The molecule has 0 bridgehead atoms. The van der Waals surface area contributed by atoms with Gasteiger partial charge in [0.1, 0.15) is 0 Å². The SMILES string of the molecule is Cc1cncn(CC2CCN(c3ncc(Cl)cn3)CC2)c1=O. The van der Waals surface area contributed by atoms with Gasteiger partial charge in [-0.15, -0.1) is 0 Å². The molecule has 2 aromatic heterocycles. The average molecular weight is 320 g/mol. The lowest BCUT2D eigenvalue weighted by atomic mass is 9.97. The number of anilines is 1. The number of rotatable bonds is 3. The van der Waals surface area contributed by atoms with E-state index in [0.29, 0.717) is 16.5 Å². The van der Waals surface area contributed by atoms with Crippen molar-refractivity contribution in [2.45, 2.75) is 26.3 Å². The predicted molar refractivity (Wildman–Crippen MR) is 85.2 cm³/mol. The Morgan fingerprint density at radius 1 is 1.23 bits per heavy atom. The minimum absolute atomic E-state index is 0.0541. The molecule has 0 amide bonds. The van der Waals surface area contributed by atoms with Gasteiger partial charge >= 0.3 is 0 Å². The second kappa shape index (κ2) is 6.44. The Kier molecular flexibility index (Phi) is 4.38. The van der Waals surface area contributed by atoms with Crippen LogP contribution in [0.3, 0.4) is 0 Å². The Bertz CT molecular complexity index is 692. The van der Waals surface area contributed by atoms with Gasteiger partial charge in [0, 0.05) is 31.4 Å². The Labute approximate surface area is 133 Å². The smallest absolute Gasteiger partial charge is 0.256 e. The van der Waals surface area contributed by atoms with Gasteiger partial charge in [0.15, 0.2) is 0 Å². The van der Waals surface area contributed by atoms with Crippen molar-refractivity contribution in [3.63, 3.8) is 0 Å². The molecule has 0 radical (unpaired) electrons. The number of halogens is 1. The second-order valence-electron chi connectivity index (χ2n) is 5.67. The third kappa shape index (κ3) is 3.27.